The van der Waals surface area contributed by atoms with Gasteiger partial charge in [-0.1, -0.05) is 13.8 Å². The first-order valence-corrected chi connectivity index (χ1v) is 7.07. The van der Waals surface area contributed by atoms with Gasteiger partial charge in [-0.05, 0) is 38.4 Å². The molecule has 2 atom stereocenters. The van der Waals surface area contributed by atoms with Gasteiger partial charge in [0.2, 0.25) is 0 Å². The molecule has 102 valence electrons. The van der Waals surface area contributed by atoms with Gasteiger partial charge in [0, 0.05) is 30.0 Å². The first-order valence-electron chi connectivity index (χ1n) is 7.07. The molecule has 0 aliphatic heterocycles. The Hall–Kier alpha value is -1.55. The van der Waals surface area contributed by atoms with Crippen molar-refractivity contribution in [2.75, 3.05) is 6.54 Å². The number of fused-ring (bicyclic) bond motifs is 1. The van der Waals surface area contributed by atoms with Crippen LogP contribution in [0.15, 0.2) is 24.5 Å². The molecule has 0 saturated heterocycles. The van der Waals surface area contributed by atoms with E-state index in [4.69, 9.17) is 0 Å². The highest BCUT2D eigenvalue weighted by molar-refractivity contribution is 5.69. The highest BCUT2D eigenvalue weighted by Gasteiger charge is 2.18. The molecule has 0 spiro atoms. The topological polar surface area (TPSA) is 50.7 Å². The molecule has 2 aromatic heterocycles. The zero-order chi connectivity index (χ0) is 13.7. The van der Waals surface area contributed by atoms with Gasteiger partial charge in [-0.2, -0.15) is 0 Å². The molecule has 0 aliphatic carbocycles. The van der Waals surface area contributed by atoms with Crippen LogP contribution in [0.25, 0.3) is 11.2 Å². The Bertz CT molecular complexity index is 526. The molecule has 2 aromatic rings. The Kier molecular flexibility index (Phi) is 4.80. The minimum Gasteiger partial charge on any atom is -0.314 e. The summed E-state index contributed by atoms with van der Waals surface area (Å²) in [7, 11) is 0. The molecular formula is C15H22N4. The van der Waals surface area contributed by atoms with Gasteiger partial charge in [0.1, 0.15) is 5.52 Å². The van der Waals surface area contributed by atoms with Crippen LogP contribution in [0.2, 0.25) is 0 Å². The van der Waals surface area contributed by atoms with E-state index < -0.39 is 0 Å². The van der Waals surface area contributed by atoms with Crippen LogP contribution >= 0.6 is 0 Å². The maximum absolute atomic E-state index is 4.66. The van der Waals surface area contributed by atoms with E-state index in [1.807, 2.05) is 6.07 Å². The summed E-state index contributed by atoms with van der Waals surface area (Å²) in [4.78, 5) is 13.2. The Labute approximate surface area is 114 Å². The van der Waals surface area contributed by atoms with E-state index in [1.165, 1.54) is 0 Å². The largest absolute Gasteiger partial charge is 0.314 e. The molecule has 0 saturated carbocycles. The van der Waals surface area contributed by atoms with Crippen LogP contribution < -0.4 is 5.32 Å². The number of aromatic nitrogens is 3. The van der Waals surface area contributed by atoms with Crippen LogP contribution in [0.5, 0.6) is 0 Å². The number of rotatable bonds is 6. The summed E-state index contributed by atoms with van der Waals surface area (Å²) in [5.74, 6) is 0.415. The summed E-state index contributed by atoms with van der Waals surface area (Å²) in [5.41, 5.74) is 2.70. The van der Waals surface area contributed by atoms with Gasteiger partial charge < -0.3 is 5.32 Å². The zero-order valence-corrected chi connectivity index (χ0v) is 11.9. The molecule has 4 nitrogen and oxygen atoms in total. The van der Waals surface area contributed by atoms with E-state index in [0.29, 0.717) is 12.0 Å². The summed E-state index contributed by atoms with van der Waals surface area (Å²) in [6.45, 7) is 7.67. The maximum atomic E-state index is 4.66. The molecule has 4 heteroatoms. The van der Waals surface area contributed by atoms with Gasteiger partial charge in [0.25, 0.3) is 0 Å². The van der Waals surface area contributed by atoms with Gasteiger partial charge >= 0.3 is 0 Å². The fourth-order valence-electron chi connectivity index (χ4n) is 2.41. The van der Waals surface area contributed by atoms with Crippen LogP contribution in [0.1, 0.15) is 45.2 Å². The van der Waals surface area contributed by atoms with Crippen molar-refractivity contribution in [3.8, 4) is 0 Å². The van der Waals surface area contributed by atoms with E-state index in [2.05, 4.69) is 47.1 Å². The first kappa shape index (κ1) is 13.9. The maximum Gasteiger partial charge on any atom is 0.178 e. The number of pyridine rings is 1. The second-order valence-corrected chi connectivity index (χ2v) is 4.89. The minimum absolute atomic E-state index is 0.415. The SMILES string of the molecule is CCCNC(C)C(CC)c1ccc2nccnc2n1. The lowest BCUT2D eigenvalue weighted by Gasteiger charge is -2.23. The number of hydrogen-bond acceptors (Lipinski definition) is 4. The molecule has 0 bridgehead atoms. The van der Waals surface area contributed by atoms with Gasteiger partial charge in [-0.25, -0.2) is 9.97 Å². The predicted octanol–water partition coefficient (Wildman–Crippen LogP) is 2.91. The lowest BCUT2D eigenvalue weighted by atomic mass is 9.94. The van der Waals surface area contributed by atoms with Crippen molar-refractivity contribution in [1.29, 1.82) is 0 Å². The van der Waals surface area contributed by atoms with E-state index in [-0.39, 0.29) is 0 Å². The molecule has 0 aromatic carbocycles. The highest BCUT2D eigenvalue weighted by Crippen LogP contribution is 2.22. The van der Waals surface area contributed by atoms with Crippen molar-refractivity contribution in [2.45, 2.75) is 45.6 Å². The van der Waals surface area contributed by atoms with Crippen LogP contribution in [-0.4, -0.2) is 27.5 Å². The normalized spacial score (nSPS) is 14.5. The standard InChI is InChI=1S/C15H22N4/c1-4-8-16-11(3)12(5-2)13-6-7-14-15(19-13)18-10-9-17-14/h6-7,9-12,16H,4-5,8H2,1-3H3. The van der Waals surface area contributed by atoms with Crippen LogP contribution in [0, 0.1) is 0 Å². The molecule has 2 heterocycles. The van der Waals surface area contributed by atoms with E-state index in [0.717, 1.165) is 36.2 Å². The van der Waals surface area contributed by atoms with Crippen LogP contribution in [0.4, 0.5) is 0 Å². The second-order valence-electron chi connectivity index (χ2n) is 4.89. The van der Waals surface area contributed by atoms with Crippen molar-refractivity contribution in [3.05, 3.63) is 30.2 Å². The molecule has 1 N–H and O–H groups in total. The van der Waals surface area contributed by atoms with Crippen molar-refractivity contribution < 1.29 is 0 Å². The smallest absolute Gasteiger partial charge is 0.178 e. The van der Waals surface area contributed by atoms with Crippen molar-refractivity contribution in [2.24, 2.45) is 0 Å². The van der Waals surface area contributed by atoms with Crippen molar-refractivity contribution in [1.82, 2.24) is 20.3 Å². The fraction of sp³-hybridized carbons (Fsp3) is 0.533. The van der Waals surface area contributed by atoms with Crippen molar-refractivity contribution in [3.63, 3.8) is 0 Å². The lowest BCUT2D eigenvalue weighted by molar-refractivity contribution is 0.444. The average molecular weight is 258 g/mol. The molecule has 2 unspecified atom stereocenters. The molecule has 0 fully saturated rings. The molecule has 2 rings (SSSR count). The summed E-state index contributed by atoms with van der Waals surface area (Å²) < 4.78 is 0. The van der Waals surface area contributed by atoms with Crippen LogP contribution in [0.3, 0.4) is 0 Å². The molecule has 0 amide bonds. The predicted molar refractivity (Wildman–Crippen MR) is 78.1 cm³/mol. The summed E-state index contributed by atoms with van der Waals surface area (Å²) in [6.07, 6.45) is 5.61. The third-order valence-electron chi connectivity index (χ3n) is 3.49. The number of nitrogens with one attached hydrogen (secondary N) is 1. The fourth-order valence-corrected chi connectivity index (χ4v) is 2.41. The monoisotopic (exact) mass is 258 g/mol. The van der Waals surface area contributed by atoms with E-state index in [1.54, 1.807) is 12.4 Å². The summed E-state index contributed by atoms with van der Waals surface area (Å²) in [6, 6.07) is 4.52. The average Bonchev–Trinajstić information content (AvgIpc) is 2.45. The second kappa shape index (κ2) is 6.57. The van der Waals surface area contributed by atoms with E-state index in [9.17, 15) is 0 Å². The summed E-state index contributed by atoms with van der Waals surface area (Å²) >= 11 is 0. The molecule has 19 heavy (non-hydrogen) atoms. The highest BCUT2D eigenvalue weighted by atomic mass is 14.9. The first-order chi connectivity index (χ1) is 9.26. The van der Waals surface area contributed by atoms with Gasteiger partial charge in [-0.15, -0.1) is 0 Å². The molecule has 0 aliphatic rings. The number of hydrogen-bond donors (Lipinski definition) is 1. The van der Waals surface area contributed by atoms with Crippen LogP contribution in [-0.2, 0) is 0 Å². The Morgan fingerprint density at radius 1 is 1.16 bits per heavy atom. The van der Waals surface area contributed by atoms with Crippen molar-refractivity contribution >= 4 is 11.2 Å². The third kappa shape index (κ3) is 3.26. The third-order valence-corrected chi connectivity index (χ3v) is 3.49. The van der Waals surface area contributed by atoms with Gasteiger partial charge in [0.05, 0.1) is 0 Å². The zero-order valence-electron chi connectivity index (χ0n) is 11.9. The Morgan fingerprint density at radius 3 is 2.68 bits per heavy atom. The quantitative estimate of drug-likeness (QED) is 0.865. The summed E-state index contributed by atoms with van der Waals surface area (Å²) in [5, 5.41) is 3.55. The van der Waals surface area contributed by atoms with Gasteiger partial charge in [-0.3, -0.25) is 4.98 Å². The molecular weight excluding hydrogens is 236 g/mol. The minimum atomic E-state index is 0.415. The van der Waals surface area contributed by atoms with E-state index >= 15 is 0 Å². The Balaban J connectivity index is 2.24. The number of nitrogens with zero attached hydrogens (tertiary/aromatic N) is 3. The molecule has 0 radical (unpaired) electrons. The van der Waals surface area contributed by atoms with Gasteiger partial charge in [0.15, 0.2) is 5.65 Å². The Morgan fingerprint density at radius 2 is 1.95 bits per heavy atom. The lowest BCUT2D eigenvalue weighted by Crippen LogP contribution is -2.33.